The number of aryl methyl sites for hydroxylation is 2. The van der Waals surface area contributed by atoms with Gasteiger partial charge in [-0.25, -0.2) is 16.8 Å². The van der Waals surface area contributed by atoms with Crippen LogP contribution in [-0.2, 0) is 24.8 Å². The van der Waals surface area contributed by atoms with Crippen LogP contribution in [0.1, 0.15) is 37.3 Å². The molecule has 1 heterocycles. The third kappa shape index (κ3) is 6.57. The first-order valence-corrected chi connectivity index (χ1v) is 15.3. The molecule has 0 aromatic heterocycles. The first-order valence-electron chi connectivity index (χ1n) is 12.0. The molecule has 0 spiro atoms. The molecule has 0 radical (unpaired) electrons. The molecule has 1 saturated heterocycles. The molecule has 1 aliphatic heterocycles. The van der Waals surface area contributed by atoms with Gasteiger partial charge in [0.05, 0.1) is 23.4 Å². The van der Waals surface area contributed by atoms with Crippen LogP contribution < -0.4 is 14.4 Å². The van der Waals surface area contributed by atoms with Gasteiger partial charge in [0.25, 0.3) is 0 Å². The summed E-state index contributed by atoms with van der Waals surface area (Å²) in [6.07, 6.45) is 3.14. The van der Waals surface area contributed by atoms with Gasteiger partial charge in [0.2, 0.25) is 26.0 Å². The van der Waals surface area contributed by atoms with Crippen molar-refractivity contribution in [3.63, 3.8) is 0 Å². The molecule has 198 valence electrons. The molecule has 11 heteroatoms. The van der Waals surface area contributed by atoms with E-state index in [1.54, 1.807) is 25.1 Å². The van der Waals surface area contributed by atoms with Crippen molar-refractivity contribution < 1.29 is 26.4 Å². The lowest BCUT2D eigenvalue weighted by atomic mass is 10.1. The van der Waals surface area contributed by atoms with Crippen LogP contribution in [0.4, 0.5) is 5.69 Å². The minimum atomic E-state index is -3.72. The van der Waals surface area contributed by atoms with Gasteiger partial charge >= 0.3 is 0 Å². The summed E-state index contributed by atoms with van der Waals surface area (Å²) in [6, 6.07) is 10.8. The second kappa shape index (κ2) is 11.6. The summed E-state index contributed by atoms with van der Waals surface area (Å²) in [5.41, 5.74) is 2.14. The Kier molecular flexibility index (Phi) is 9.02. The van der Waals surface area contributed by atoms with E-state index in [0.717, 1.165) is 30.2 Å². The lowest BCUT2D eigenvalue weighted by Gasteiger charge is -2.31. The molecule has 36 heavy (non-hydrogen) atoms. The fraction of sp³-hybridized carbons (Fsp3) is 0.480. The Labute approximate surface area is 214 Å². The van der Waals surface area contributed by atoms with Gasteiger partial charge in [-0.3, -0.25) is 9.10 Å². The van der Waals surface area contributed by atoms with Gasteiger partial charge in [-0.15, -0.1) is 0 Å². The van der Waals surface area contributed by atoms with Crippen LogP contribution in [0.3, 0.4) is 0 Å². The second-order valence-electron chi connectivity index (χ2n) is 8.99. The molecule has 3 rings (SSSR count). The minimum Gasteiger partial charge on any atom is -0.492 e. The highest BCUT2D eigenvalue weighted by molar-refractivity contribution is 7.92. The average Bonchev–Trinajstić information content (AvgIpc) is 3.37. The van der Waals surface area contributed by atoms with E-state index in [4.69, 9.17) is 4.74 Å². The van der Waals surface area contributed by atoms with Crippen LogP contribution in [-0.4, -0.2) is 65.6 Å². The summed E-state index contributed by atoms with van der Waals surface area (Å²) in [6.45, 7) is 6.83. The zero-order valence-electron chi connectivity index (χ0n) is 21.2. The summed E-state index contributed by atoms with van der Waals surface area (Å²) >= 11 is 0. The maximum atomic E-state index is 13.0. The fourth-order valence-corrected chi connectivity index (χ4v) is 7.02. The van der Waals surface area contributed by atoms with E-state index in [1.165, 1.54) is 20.7 Å². The zero-order chi connectivity index (χ0) is 26.5. The maximum absolute atomic E-state index is 13.0. The Morgan fingerprint density at radius 2 is 1.69 bits per heavy atom. The Morgan fingerprint density at radius 1 is 1.06 bits per heavy atom. The number of carbonyl (C=O) groups is 1. The number of nitrogens with zero attached hydrogens (tertiary/aromatic N) is 2. The van der Waals surface area contributed by atoms with E-state index >= 15 is 0 Å². The molecule has 1 N–H and O–H groups in total. The van der Waals surface area contributed by atoms with Crippen molar-refractivity contribution in [1.29, 1.82) is 0 Å². The lowest BCUT2D eigenvalue weighted by molar-refractivity contribution is -0.122. The van der Waals surface area contributed by atoms with Crippen molar-refractivity contribution in [3.05, 3.63) is 53.6 Å². The highest BCUT2D eigenvalue weighted by atomic mass is 32.2. The zero-order valence-corrected chi connectivity index (χ0v) is 22.9. The van der Waals surface area contributed by atoms with Crippen molar-refractivity contribution in [2.45, 2.75) is 51.0 Å². The van der Waals surface area contributed by atoms with Crippen LogP contribution in [0, 0.1) is 13.8 Å². The molecule has 1 atom stereocenters. The predicted octanol–water partition coefficient (Wildman–Crippen LogP) is 2.83. The van der Waals surface area contributed by atoms with Gasteiger partial charge in [0.1, 0.15) is 18.4 Å². The minimum absolute atomic E-state index is 0.142. The topological polar surface area (TPSA) is 113 Å². The van der Waals surface area contributed by atoms with Gasteiger partial charge in [-0.1, -0.05) is 19.1 Å². The first-order chi connectivity index (χ1) is 16.9. The second-order valence-corrected chi connectivity index (χ2v) is 12.8. The molecular formula is C25H35N3O6S2. The van der Waals surface area contributed by atoms with E-state index in [0.29, 0.717) is 30.9 Å². The monoisotopic (exact) mass is 537 g/mol. The quantitative estimate of drug-likeness (QED) is 0.441. The smallest absolute Gasteiger partial charge is 0.244 e. The molecule has 1 amide bonds. The van der Waals surface area contributed by atoms with Gasteiger partial charge in [0, 0.05) is 13.1 Å². The summed E-state index contributed by atoms with van der Waals surface area (Å²) in [5.74, 6) is 0.0595. The summed E-state index contributed by atoms with van der Waals surface area (Å²) in [4.78, 5) is 13.2. The third-order valence-corrected chi connectivity index (χ3v) is 9.21. The number of anilines is 1. The van der Waals surface area contributed by atoms with Gasteiger partial charge in [0.15, 0.2) is 0 Å². The highest BCUT2D eigenvalue weighted by Gasteiger charge is 2.32. The number of nitrogens with one attached hydrogen (secondary N) is 1. The SMILES string of the molecule is CCC(C(=O)NCCOc1ccc(S(=O)(=O)N2CCCC2)cc1)N(c1cc(C)ccc1C)S(C)(=O)=O. The Morgan fingerprint density at radius 3 is 2.28 bits per heavy atom. The van der Waals surface area contributed by atoms with Crippen LogP contribution in [0.5, 0.6) is 5.75 Å². The maximum Gasteiger partial charge on any atom is 0.244 e. The van der Waals surface area contributed by atoms with E-state index < -0.39 is 32.0 Å². The van der Waals surface area contributed by atoms with Gasteiger partial charge in [-0.2, -0.15) is 4.31 Å². The largest absolute Gasteiger partial charge is 0.492 e. The first kappa shape index (κ1) is 27.9. The lowest BCUT2D eigenvalue weighted by Crippen LogP contribution is -2.50. The number of ether oxygens (including phenoxy) is 1. The molecule has 9 nitrogen and oxygen atoms in total. The van der Waals surface area contributed by atoms with Crippen molar-refractivity contribution in [3.8, 4) is 5.75 Å². The number of hydrogen-bond donors (Lipinski definition) is 1. The molecule has 0 bridgehead atoms. The number of hydrogen-bond acceptors (Lipinski definition) is 6. The highest BCUT2D eigenvalue weighted by Crippen LogP contribution is 2.27. The Hall–Kier alpha value is -2.63. The van der Waals surface area contributed by atoms with Crippen LogP contribution >= 0.6 is 0 Å². The van der Waals surface area contributed by atoms with Crippen molar-refractivity contribution in [1.82, 2.24) is 9.62 Å². The summed E-state index contributed by atoms with van der Waals surface area (Å²) in [5, 5.41) is 2.76. The summed E-state index contributed by atoms with van der Waals surface area (Å²) in [7, 11) is -7.21. The van der Waals surface area contributed by atoms with E-state index in [-0.39, 0.29) is 18.0 Å². The van der Waals surface area contributed by atoms with Crippen LogP contribution in [0.15, 0.2) is 47.4 Å². The average molecular weight is 538 g/mol. The van der Waals surface area contributed by atoms with E-state index in [1.807, 2.05) is 26.0 Å². The van der Waals surface area contributed by atoms with Gasteiger partial charge in [-0.05, 0) is 74.6 Å². The van der Waals surface area contributed by atoms with Crippen LogP contribution in [0.2, 0.25) is 0 Å². The number of amides is 1. The Balaban J connectivity index is 1.60. The predicted molar refractivity (Wildman–Crippen MR) is 140 cm³/mol. The Bertz CT molecular complexity index is 1270. The number of rotatable bonds is 11. The molecule has 2 aromatic carbocycles. The standard InChI is InChI=1S/C25H35N3O6S2/c1-5-23(28(35(4,30)31)24-18-19(2)8-9-20(24)3)25(29)26-14-17-34-21-10-12-22(13-11-21)36(32,33)27-15-6-7-16-27/h8-13,18,23H,5-7,14-17H2,1-4H3,(H,26,29). The van der Waals surface area contributed by atoms with E-state index in [9.17, 15) is 21.6 Å². The molecular weight excluding hydrogens is 502 g/mol. The third-order valence-electron chi connectivity index (χ3n) is 6.13. The number of sulfonamides is 2. The molecule has 2 aromatic rings. The molecule has 0 aliphatic carbocycles. The fourth-order valence-electron chi connectivity index (χ4n) is 4.24. The van der Waals surface area contributed by atoms with Crippen molar-refractivity contribution in [2.75, 3.05) is 36.8 Å². The summed E-state index contributed by atoms with van der Waals surface area (Å²) < 4.78 is 58.9. The normalized spacial score (nSPS) is 15.4. The number of benzene rings is 2. The molecule has 1 aliphatic rings. The number of carbonyl (C=O) groups excluding carboxylic acids is 1. The molecule has 1 fully saturated rings. The van der Waals surface area contributed by atoms with Gasteiger partial charge < -0.3 is 10.1 Å². The van der Waals surface area contributed by atoms with Crippen molar-refractivity contribution in [2.24, 2.45) is 0 Å². The van der Waals surface area contributed by atoms with E-state index in [2.05, 4.69) is 5.32 Å². The van der Waals surface area contributed by atoms with Crippen molar-refractivity contribution >= 4 is 31.6 Å². The molecule has 1 unspecified atom stereocenters. The molecule has 0 saturated carbocycles. The van der Waals surface area contributed by atoms with Crippen LogP contribution in [0.25, 0.3) is 0 Å².